The highest BCUT2D eigenvalue weighted by molar-refractivity contribution is 9.11. The first kappa shape index (κ1) is 8.84. The molecule has 0 aromatic carbocycles. The predicted molar refractivity (Wildman–Crippen MR) is 40.3 cm³/mol. The second-order valence-corrected chi connectivity index (χ2v) is 3.25. The zero-order valence-electron chi connectivity index (χ0n) is 5.53. The van der Waals surface area contributed by atoms with Gasteiger partial charge in [0.1, 0.15) is 0 Å². The van der Waals surface area contributed by atoms with Crippen molar-refractivity contribution in [2.24, 2.45) is 5.92 Å². The summed E-state index contributed by atoms with van der Waals surface area (Å²) < 4.78 is 36.6. The molecule has 0 fully saturated rings. The lowest BCUT2D eigenvalue weighted by Crippen LogP contribution is -2.21. The molecule has 0 aromatic heterocycles. The van der Waals surface area contributed by atoms with E-state index in [1.54, 1.807) is 6.08 Å². The summed E-state index contributed by atoms with van der Waals surface area (Å²) in [6.45, 7) is 0. The molecule has 0 heterocycles. The van der Waals surface area contributed by atoms with E-state index in [1.165, 1.54) is 12.2 Å². The minimum atomic E-state index is -4.11. The molecule has 1 atom stereocenters. The molecule has 0 saturated carbocycles. The van der Waals surface area contributed by atoms with Crippen molar-refractivity contribution >= 4 is 15.9 Å². The van der Waals surface area contributed by atoms with Crippen LogP contribution in [0.3, 0.4) is 0 Å². The van der Waals surface area contributed by atoms with E-state index in [9.17, 15) is 13.2 Å². The minimum Gasteiger partial charge on any atom is -0.170 e. The molecular weight excluding hydrogens is 221 g/mol. The van der Waals surface area contributed by atoms with Gasteiger partial charge in [-0.05, 0) is 6.42 Å². The van der Waals surface area contributed by atoms with Crippen LogP contribution in [0.25, 0.3) is 0 Å². The summed E-state index contributed by atoms with van der Waals surface area (Å²) in [5.41, 5.74) is 0. The van der Waals surface area contributed by atoms with Crippen molar-refractivity contribution in [2.45, 2.75) is 12.6 Å². The van der Waals surface area contributed by atoms with E-state index in [-0.39, 0.29) is 6.42 Å². The monoisotopic (exact) mass is 226 g/mol. The molecule has 1 aliphatic rings. The molecule has 1 unspecified atom stereocenters. The molecule has 4 heteroatoms. The molecule has 0 amide bonds. The molecule has 0 radical (unpaired) electrons. The zero-order chi connectivity index (χ0) is 8.48. The Morgan fingerprint density at radius 2 is 2.09 bits per heavy atom. The number of alkyl halides is 3. The Hall–Kier alpha value is -0.250. The average Bonchev–Trinajstić information content (AvgIpc) is 1.86. The molecule has 1 rings (SSSR count). The Morgan fingerprint density at radius 1 is 1.45 bits per heavy atom. The molecule has 0 bridgehead atoms. The van der Waals surface area contributed by atoms with Gasteiger partial charge in [0.15, 0.2) is 0 Å². The fourth-order valence-electron chi connectivity index (χ4n) is 0.871. The van der Waals surface area contributed by atoms with Gasteiger partial charge >= 0.3 is 6.18 Å². The van der Waals surface area contributed by atoms with Gasteiger partial charge in [-0.1, -0.05) is 34.2 Å². The van der Waals surface area contributed by atoms with Crippen molar-refractivity contribution in [2.75, 3.05) is 0 Å². The summed E-state index contributed by atoms with van der Waals surface area (Å²) in [5, 5.41) is 0. The molecule has 11 heavy (non-hydrogen) atoms. The smallest absolute Gasteiger partial charge is 0.170 e. The van der Waals surface area contributed by atoms with Gasteiger partial charge in [-0.3, -0.25) is 0 Å². The molecule has 1 aliphatic carbocycles. The molecule has 0 N–H and O–H groups in total. The number of rotatable bonds is 0. The van der Waals surface area contributed by atoms with Crippen molar-refractivity contribution in [3.8, 4) is 0 Å². The minimum absolute atomic E-state index is 0.0542. The van der Waals surface area contributed by atoms with Gasteiger partial charge in [0.25, 0.3) is 0 Å². The van der Waals surface area contributed by atoms with Gasteiger partial charge in [-0.15, -0.1) is 0 Å². The van der Waals surface area contributed by atoms with Crippen molar-refractivity contribution in [3.63, 3.8) is 0 Å². The topological polar surface area (TPSA) is 0 Å². The van der Waals surface area contributed by atoms with E-state index >= 15 is 0 Å². The van der Waals surface area contributed by atoms with E-state index in [0.717, 1.165) is 0 Å². The highest BCUT2D eigenvalue weighted by atomic mass is 79.9. The lowest BCUT2D eigenvalue weighted by molar-refractivity contribution is -0.160. The maximum atomic E-state index is 12.0. The van der Waals surface area contributed by atoms with E-state index in [1.807, 2.05) is 0 Å². The van der Waals surface area contributed by atoms with Crippen LogP contribution in [0.15, 0.2) is 22.7 Å². The Bertz CT molecular complexity index is 202. The Morgan fingerprint density at radius 3 is 2.45 bits per heavy atom. The highest BCUT2D eigenvalue weighted by Gasteiger charge is 2.37. The lowest BCUT2D eigenvalue weighted by Gasteiger charge is -2.17. The van der Waals surface area contributed by atoms with Crippen LogP contribution >= 0.6 is 15.9 Å². The molecule has 0 nitrogen and oxygen atoms in total. The third-order valence-corrected chi connectivity index (χ3v) is 1.98. The third-order valence-electron chi connectivity index (χ3n) is 1.45. The molecule has 0 aliphatic heterocycles. The van der Waals surface area contributed by atoms with Crippen LogP contribution in [0.4, 0.5) is 13.2 Å². The first-order chi connectivity index (χ1) is 5.00. The number of hydrogen-bond acceptors (Lipinski definition) is 0. The summed E-state index contributed by atoms with van der Waals surface area (Å²) in [5.74, 6) is -1.32. The molecule has 0 spiro atoms. The Balaban J connectivity index is 2.71. The normalized spacial score (nSPS) is 25.1. The van der Waals surface area contributed by atoms with Crippen LogP contribution in [0.5, 0.6) is 0 Å². The predicted octanol–water partition coefficient (Wildman–Crippen LogP) is 3.40. The standard InChI is InChI=1S/C7H6BrF3/c8-6-3-1-2-5(4-6)7(9,10)11/h1,3-5H,2H2. The van der Waals surface area contributed by atoms with Gasteiger partial charge in [0.05, 0.1) is 5.92 Å². The molecule has 0 aromatic rings. The molecule has 0 saturated heterocycles. The van der Waals surface area contributed by atoms with Crippen molar-refractivity contribution in [1.29, 1.82) is 0 Å². The van der Waals surface area contributed by atoms with E-state index in [2.05, 4.69) is 15.9 Å². The largest absolute Gasteiger partial charge is 0.395 e. The second kappa shape index (κ2) is 3.01. The van der Waals surface area contributed by atoms with Crippen molar-refractivity contribution < 1.29 is 13.2 Å². The number of allylic oxidation sites excluding steroid dienone is 4. The fraction of sp³-hybridized carbons (Fsp3) is 0.429. The summed E-state index contributed by atoms with van der Waals surface area (Å²) in [7, 11) is 0. The van der Waals surface area contributed by atoms with Crippen LogP contribution in [-0.2, 0) is 0 Å². The first-order valence-corrected chi connectivity index (χ1v) is 3.90. The molecular formula is C7H6BrF3. The van der Waals surface area contributed by atoms with E-state index < -0.39 is 12.1 Å². The molecule has 62 valence electrons. The highest BCUT2D eigenvalue weighted by Crippen LogP contribution is 2.34. The summed E-state index contributed by atoms with van der Waals surface area (Å²) in [6.07, 6.45) is 0.271. The van der Waals surface area contributed by atoms with Gasteiger partial charge in [0, 0.05) is 4.48 Å². The van der Waals surface area contributed by atoms with Crippen LogP contribution in [0.1, 0.15) is 6.42 Å². The van der Waals surface area contributed by atoms with Crippen LogP contribution in [-0.4, -0.2) is 6.18 Å². The number of halogens is 4. The van der Waals surface area contributed by atoms with Crippen LogP contribution in [0, 0.1) is 5.92 Å². The maximum absolute atomic E-state index is 12.0. The van der Waals surface area contributed by atoms with Gasteiger partial charge < -0.3 is 0 Å². The summed E-state index contributed by atoms with van der Waals surface area (Å²) in [6, 6.07) is 0. The van der Waals surface area contributed by atoms with Crippen molar-refractivity contribution in [1.82, 2.24) is 0 Å². The van der Waals surface area contributed by atoms with E-state index in [0.29, 0.717) is 4.48 Å². The summed E-state index contributed by atoms with van der Waals surface area (Å²) >= 11 is 3.00. The van der Waals surface area contributed by atoms with Gasteiger partial charge in [-0.25, -0.2) is 0 Å². The van der Waals surface area contributed by atoms with E-state index in [4.69, 9.17) is 0 Å². The zero-order valence-corrected chi connectivity index (χ0v) is 7.11. The third kappa shape index (κ3) is 2.36. The van der Waals surface area contributed by atoms with Crippen LogP contribution < -0.4 is 0 Å². The fourth-order valence-corrected chi connectivity index (χ4v) is 1.38. The van der Waals surface area contributed by atoms with Gasteiger partial charge in [0.2, 0.25) is 0 Å². The number of hydrogen-bond donors (Lipinski definition) is 0. The average molecular weight is 227 g/mol. The Kier molecular flexibility index (Phi) is 2.42. The maximum Gasteiger partial charge on any atom is 0.395 e. The van der Waals surface area contributed by atoms with Gasteiger partial charge in [-0.2, -0.15) is 13.2 Å². The van der Waals surface area contributed by atoms with Crippen LogP contribution in [0.2, 0.25) is 0 Å². The summed E-state index contributed by atoms with van der Waals surface area (Å²) in [4.78, 5) is 0. The second-order valence-electron chi connectivity index (χ2n) is 2.34. The Labute approximate surface area is 70.9 Å². The SMILES string of the molecule is FC(F)(F)C1C=C(Br)C=CC1. The quantitative estimate of drug-likeness (QED) is 0.594. The first-order valence-electron chi connectivity index (χ1n) is 3.11. The lowest BCUT2D eigenvalue weighted by atomic mass is 10.0. The van der Waals surface area contributed by atoms with Crippen molar-refractivity contribution in [3.05, 3.63) is 22.7 Å².